The molecule has 3 aromatic rings. The number of nitrogens with one attached hydrogen (secondary N) is 2. The Morgan fingerprint density at radius 1 is 0.957 bits per heavy atom. The predicted octanol–water partition coefficient (Wildman–Crippen LogP) is 3.92. The fourth-order valence-electron chi connectivity index (χ4n) is 2.67. The van der Waals surface area contributed by atoms with Crippen molar-refractivity contribution in [1.29, 1.82) is 0 Å². The molecule has 0 spiro atoms. The summed E-state index contributed by atoms with van der Waals surface area (Å²) < 4.78 is 0. The number of amides is 1. The lowest BCUT2D eigenvalue weighted by Crippen LogP contribution is -2.30. The van der Waals surface area contributed by atoms with Crippen LogP contribution in [-0.4, -0.2) is 10.9 Å². The van der Waals surface area contributed by atoms with Crippen LogP contribution in [0.4, 0.5) is 5.82 Å². The average molecular weight is 305 g/mol. The number of anilines is 1. The van der Waals surface area contributed by atoms with Crippen molar-refractivity contribution in [1.82, 2.24) is 10.4 Å². The molecular formula is C19H19N3O. The van der Waals surface area contributed by atoms with Crippen LogP contribution in [0.5, 0.6) is 0 Å². The predicted molar refractivity (Wildman–Crippen MR) is 93.5 cm³/mol. The highest BCUT2D eigenvalue weighted by Gasteiger charge is 2.09. The zero-order valence-electron chi connectivity index (χ0n) is 13.5. The number of hydrazine groups is 1. The van der Waals surface area contributed by atoms with Gasteiger partial charge in [-0.05, 0) is 50.1 Å². The van der Waals surface area contributed by atoms with E-state index in [1.165, 1.54) is 0 Å². The van der Waals surface area contributed by atoms with E-state index in [1.54, 1.807) is 0 Å². The molecule has 0 saturated heterocycles. The first-order chi connectivity index (χ1) is 11.0. The average Bonchev–Trinajstić information content (AvgIpc) is 2.53. The minimum absolute atomic E-state index is 0.171. The van der Waals surface area contributed by atoms with Crippen LogP contribution in [0.25, 0.3) is 10.9 Å². The van der Waals surface area contributed by atoms with Gasteiger partial charge in [0.25, 0.3) is 5.91 Å². The Balaban J connectivity index is 1.79. The maximum absolute atomic E-state index is 12.3. The van der Waals surface area contributed by atoms with Crippen molar-refractivity contribution in [3.63, 3.8) is 0 Å². The van der Waals surface area contributed by atoms with E-state index in [0.29, 0.717) is 11.4 Å². The van der Waals surface area contributed by atoms with Crippen molar-refractivity contribution in [2.24, 2.45) is 0 Å². The number of hydrogen-bond acceptors (Lipinski definition) is 3. The second-order valence-electron chi connectivity index (χ2n) is 5.74. The molecule has 1 heterocycles. The van der Waals surface area contributed by atoms with Gasteiger partial charge in [-0.3, -0.25) is 15.6 Å². The van der Waals surface area contributed by atoms with Gasteiger partial charge in [0.1, 0.15) is 5.82 Å². The number of pyridine rings is 1. The molecule has 0 saturated carbocycles. The quantitative estimate of drug-likeness (QED) is 0.721. The lowest BCUT2D eigenvalue weighted by Gasteiger charge is -2.11. The first-order valence-corrected chi connectivity index (χ1v) is 7.54. The third-order valence-electron chi connectivity index (χ3n) is 3.85. The standard InChI is InChI=1S/C19H19N3O/c1-12-8-9-16(13(2)10-12)19(23)22-21-18-11-14(3)15-6-4-5-7-17(15)20-18/h4-11H,1-3H3,(H,20,21)(H,22,23). The number of nitrogens with zero attached hydrogens (tertiary/aromatic N) is 1. The van der Waals surface area contributed by atoms with Gasteiger partial charge >= 0.3 is 0 Å². The Bertz CT molecular complexity index is 887. The van der Waals surface area contributed by atoms with Crippen LogP contribution in [0.15, 0.2) is 48.5 Å². The summed E-state index contributed by atoms with van der Waals surface area (Å²) in [5.41, 5.74) is 10.4. The number of carbonyl (C=O) groups is 1. The van der Waals surface area contributed by atoms with Crippen molar-refractivity contribution in [3.05, 3.63) is 70.8 Å². The molecule has 0 aliphatic heterocycles. The zero-order chi connectivity index (χ0) is 16.4. The molecule has 0 atom stereocenters. The van der Waals surface area contributed by atoms with Gasteiger partial charge in [0.05, 0.1) is 5.52 Å². The van der Waals surface area contributed by atoms with Crippen LogP contribution in [0.1, 0.15) is 27.0 Å². The van der Waals surface area contributed by atoms with E-state index >= 15 is 0 Å². The molecule has 0 aliphatic rings. The number of rotatable bonds is 3. The third-order valence-corrected chi connectivity index (χ3v) is 3.85. The molecule has 4 nitrogen and oxygen atoms in total. The second kappa shape index (κ2) is 6.08. The van der Waals surface area contributed by atoms with E-state index < -0.39 is 0 Å². The smallest absolute Gasteiger partial charge is 0.269 e. The van der Waals surface area contributed by atoms with Crippen molar-refractivity contribution < 1.29 is 4.79 Å². The van der Waals surface area contributed by atoms with Gasteiger partial charge in [-0.15, -0.1) is 0 Å². The molecule has 0 fully saturated rings. The first-order valence-electron chi connectivity index (χ1n) is 7.54. The number of aromatic nitrogens is 1. The third kappa shape index (κ3) is 3.16. The summed E-state index contributed by atoms with van der Waals surface area (Å²) >= 11 is 0. The van der Waals surface area contributed by atoms with E-state index in [9.17, 15) is 4.79 Å². The molecule has 3 rings (SSSR count). The number of fused-ring (bicyclic) bond motifs is 1. The van der Waals surface area contributed by atoms with Crippen molar-refractivity contribution >= 4 is 22.6 Å². The molecule has 1 amide bonds. The maximum atomic E-state index is 12.3. The summed E-state index contributed by atoms with van der Waals surface area (Å²) in [6.45, 7) is 5.97. The van der Waals surface area contributed by atoms with Crippen LogP contribution in [0, 0.1) is 20.8 Å². The maximum Gasteiger partial charge on any atom is 0.269 e. The van der Waals surface area contributed by atoms with Crippen LogP contribution in [-0.2, 0) is 0 Å². The highest BCUT2D eigenvalue weighted by Crippen LogP contribution is 2.19. The molecule has 116 valence electrons. The van der Waals surface area contributed by atoms with Gasteiger partial charge in [0, 0.05) is 10.9 Å². The molecule has 4 heteroatoms. The normalized spacial score (nSPS) is 10.6. The number of benzene rings is 2. The largest absolute Gasteiger partial charge is 0.282 e. The van der Waals surface area contributed by atoms with E-state index in [0.717, 1.165) is 27.6 Å². The Labute approximate surface area is 135 Å². The molecule has 2 N–H and O–H groups in total. The minimum Gasteiger partial charge on any atom is -0.282 e. The minimum atomic E-state index is -0.171. The molecule has 1 aromatic heterocycles. The van der Waals surface area contributed by atoms with Crippen molar-refractivity contribution in [2.75, 3.05) is 5.43 Å². The molecular weight excluding hydrogens is 286 g/mol. The monoisotopic (exact) mass is 305 g/mol. The summed E-state index contributed by atoms with van der Waals surface area (Å²) in [7, 11) is 0. The summed E-state index contributed by atoms with van der Waals surface area (Å²) in [5.74, 6) is 0.453. The van der Waals surface area contributed by atoms with Crippen molar-refractivity contribution in [2.45, 2.75) is 20.8 Å². The molecule has 0 unspecified atom stereocenters. The van der Waals surface area contributed by atoms with E-state index in [2.05, 4.69) is 15.8 Å². The highest BCUT2D eigenvalue weighted by molar-refractivity contribution is 5.96. The van der Waals surface area contributed by atoms with Crippen LogP contribution in [0.2, 0.25) is 0 Å². The summed E-state index contributed by atoms with van der Waals surface area (Å²) in [6, 6.07) is 15.6. The van der Waals surface area contributed by atoms with Crippen LogP contribution < -0.4 is 10.9 Å². The molecule has 23 heavy (non-hydrogen) atoms. The Kier molecular flexibility index (Phi) is 3.98. The van der Waals surface area contributed by atoms with Crippen molar-refractivity contribution in [3.8, 4) is 0 Å². The topological polar surface area (TPSA) is 54.0 Å². The Hall–Kier alpha value is -2.88. The van der Waals surface area contributed by atoms with Gasteiger partial charge in [-0.25, -0.2) is 4.98 Å². The van der Waals surface area contributed by atoms with Gasteiger partial charge in [-0.2, -0.15) is 0 Å². The van der Waals surface area contributed by atoms with Gasteiger partial charge in [0.2, 0.25) is 0 Å². The van der Waals surface area contributed by atoms with Gasteiger partial charge < -0.3 is 0 Å². The molecule has 0 aliphatic carbocycles. The molecule has 0 bridgehead atoms. The fraction of sp³-hybridized carbons (Fsp3) is 0.158. The molecule has 0 radical (unpaired) electrons. The first kappa shape index (κ1) is 15.0. The number of hydrogen-bond donors (Lipinski definition) is 2. The number of carbonyl (C=O) groups excluding carboxylic acids is 1. The zero-order valence-corrected chi connectivity index (χ0v) is 13.5. The molecule has 2 aromatic carbocycles. The van der Waals surface area contributed by atoms with Gasteiger partial charge in [-0.1, -0.05) is 35.9 Å². The Morgan fingerprint density at radius 3 is 2.52 bits per heavy atom. The Morgan fingerprint density at radius 2 is 1.74 bits per heavy atom. The van der Waals surface area contributed by atoms with E-state index in [4.69, 9.17) is 0 Å². The number of aryl methyl sites for hydroxylation is 3. The summed E-state index contributed by atoms with van der Waals surface area (Å²) in [6.07, 6.45) is 0. The van der Waals surface area contributed by atoms with E-state index in [1.807, 2.05) is 69.3 Å². The summed E-state index contributed by atoms with van der Waals surface area (Å²) in [5, 5.41) is 1.11. The van der Waals surface area contributed by atoms with Gasteiger partial charge in [0.15, 0.2) is 0 Å². The van der Waals surface area contributed by atoms with Crippen LogP contribution in [0.3, 0.4) is 0 Å². The SMILES string of the molecule is Cc1ccc(C(=O)NNc2cc(C)c3ccccc3n2)c(C)c1. The fourth-order valence-corrected chi connectivity index (χ4v) is 2.67. The number of para-hydroxylation sites is 1. The van der Waals surface area contributed by atoms with E-state index in [-0.39, 0.29) is 5.91 Å². The summed E-state index contributed by atoms with van der Waals surface area (Å²) in [4.78, 5) is 16.8. The van der Waals surface area contributed by atoms with Crippen LogP contribution >= 0.6 is 0 Å². The highest BCUT2D eigenvalue weighted by atomic mass is 16.2. The second-order valence-corrected chi connectivity index (χ2v) is 5.74. The lowest BCUT2D eigenvalue weighted by atomic mass is 10.1. The lowest BCUT2D eigenvalue weighted by molar-refractivity contribution is 0.0962.